The summed E-state index contributed by atoms with van der Waals surface area (Å²) in [6, 6.07) is 0. The highest BCUT2D eigenvalue weighted by Crippen LogP contribution is 2.34. The quantitative estimate of drug-likeness (QED) is 0.730. The first-order valence-electron chi connectivity index (χ1n) is 3.25. The van der Waals surface area contributed by atoms with Gasteiger partial charge in [0.05, 0.1) is 0 Å². The largest absolute Gasteiger partial charge is 0.434 e. The average Bonchev–Trinajstić information content (AvgIpc) is 2.27. The third-order valence-electron chi connectivity index (χ3n) is 1.40. The second kappa shape index (κ2) is 2.87. The number of anilines is 1. The Balaban J connectivity index is 3.51. The summed E-state index contributed by atoms with van der Waals surface area (Å²) < 4.78 is 58.5. The number of aromatic nitrogens is 2. The highest BCUT2D eigenvalue weighted by molar-refractivity contribution is 7.91. The van der Waals surface area contributed by atoms with Gasteiger partial charge in [-0.05, 0) is 0 Å². The van der Waals surface area contributed by atoms with E-state index in [0.29, 0.717) is 6.26 Å². The zero-order valence-corrected chi connectivity index (χ0v) is 7.70. The molecule has 1 heterocycles. The molecule has 5 nitrogen and oxygen atoms in total. The van der Waals surface area contributed by atoms with Crippen LogP contribution in [0.25, 0.3) is 0 Å². The maximum atomic E-state index is 12.2. The van der Waals surface area contributed by atoms with Gasteiger partial charge in [0.25, 0.3) is 0 Å². The Hall–Kier alpha value is -1.25. The molecule has 0 radical (unpaired) electrons. The maximum Gasteiger partial charge on any atom is 0.434 e. The molecule has 0 amide bonds. The minimum atomic E-state index is -4.82. The lowest BCUT2D eigenvalue weighted by atomic mass is 10.4. The molecule has 9 heteroatoms. The summed E-state index contributed by atoms with van der Waals surface area (Å²) in [5, 5.41) is 4.54. The number of hydrogen-bond acceptors (Lipinski definition) is 4. The van der Waals surface area contributed by atoms with Crippen molar-refractivity contribution in [2.24, 2.45) is 0 Å². The van der Waals surface area contributed by atoms with E-state index >= 15 is 0 Å². The molecule has 0 unspecified atom stereocenters. The minimum absolute atomic E-state index is 0.628. The van der Waals surface area contributed by atoms with Gasteiger partial charge >= 0.3 is 6.18 Å². The van der Waals surface area contributed by atoms with Crippen LogP contribution in [0, 0.1) is 0 Å². The highest BCUT2D eigenvalue weighted by Gasteiger charge is 2.40. The molecule has 0 aliphatic carbocycles. The van der Waals surface area contributed by atoms with E-state index in [4.69, 9.17) is 5.73 Å². The third-order valence-corrected chi connectivity index (χ3v) is 2.56. The van der Waals surface area contributed by atoms with Gasteiger partial charge in [-0.15, -0.1) is 0 Å². The first-order chi connectivity index (χ1) is 6.14. The van der Waals surface area contributed by atoms with Gasteiger partial charge in [0, 0.05) is 6.26 Å². The smallest absolute Gasteiger partial charge is 0.381 e. The number of nitrogens with zero attached hydrogens (tertiary/aromatic N) is 1. The molecule has 3 N–H and O–H groups in total. The standard InChI is InChI=1S/C5H6F3N3O2S/c1-14(12,13)2-3(5(6,7)8)10-11-4(2)9/h1H3,(H3,9,10,11). The SMILES string of the molecule is CS(=O)(=O)c1c(N)n[nH]c1C(F)(F)F. The van der Waals surface area contributed by atoms with E-state index in [1.54, 1.807) is 5.10 Å². The molecule has 0 bridgehead atoms. The zero-order valence-electron chi connectivity index (χ0n) is 6.88. The second-order valence-corrected chi connectivity index (χ2v) is 4.54. The van der Waals surface area contributed by atoms with Crippen LogP contribution >= 0.6 is 0 Å². The van der Waals surface area contributed by atoms with Gasteiger partial charge in [-0.1, -0.05) is 0 Å². The minimum Gasteiger partial charge on any atom is -0.381 e. The van der Waals surface area contributed by atoms with Gasteiger partial charge in [-0.3, -0.25) is 5.10 Å². The van der Waals surface area contributed by atoms with Crippen molar-refractivity contribution in [1.82, 2.24) is 10.2 Å². The number of nitrogen functional groups attached to an aromatic ring is 1. The van der Waals surface area contributed by atoms with Crippen molar-refractivity contribution in [3.8, 4) is 0 Å². The van der Waals surface area contributed by atoms with Crippen LogP contribution < -0.4 is 5.73 Å². The number of alkyl halides is 3. The Bertz CT molecular complexity index is 447. The van der Waals surface area contributed by atoms with Crippen LogP contribution in [0.1, 0.15) is 5.69 Å². The normalized spacial score (nSPS) is 13.1. The van der Waals surface area contributed by atoms with E-state index in [1.807, 2.05) is 0 Å². The van der Waals surface area contributed by atoms with Crippen molar-refractivity contribution in [3.05, 3.63) is 5.69 Å². The molecule has 80 valence electrons. The molecule has 14 heavy (non-hydrogen) atoms. The number of H-pyrrole nitrogens is 1. The maximum absolute atomic E-state index is 12.2. The lowest BCUT2D eigenvalue weighted by Crippen LogP contribution is -2.12. The molecule has 1 aromatic heterocycles. The number of nitrogens with two attached hydrogens (primary N) is 1. The van der Waals surface area contributed by atoms with Crippen LogP contribution in [-0.2, 0) is 16.0 Å². The van der Waals surface area contributed by atoms with Gasteiger partial charge in [-0.2, -0.15) is 18.3 Å². The van der Waals surface area contributed by atoms with E-state index in [2.05, 4.69) is 5.10 Å². The molecule has 1 aromatic rings. The monoisotopic (exact) mass is 229 g/mol. The molecule has 0 spiro atoms. The zero-order chi connectivity index (χ0) is 11.1. The number of hydrogen-bond donors (Lipinski definition) is 2. The average molecular weight is 229 g/mol. The predicted octanol–water partition coefficient (Wildman–Crippen LogP) is 0.414. The van der Waals surface area contributed by atoms with Crippen molar-refractivity contribution in [1.29, 1.82) is 0 Å². The Kier molecular flexibility index (Phi) is 2.22. The summed E-state index contributed by atoms with van der Waals surface area (Å²) in [4.78, 5) is -1.01. The first kappa shape index (κ1) is 10.8. The molecule has 0 atom stereocenters. The summed E-state index contributed by atoms with van der Waals surface area (Å²) in [5.41, 5.74) is 3.56. The fourth-order valence-corrected chi connectivity index (χ4v) is 1.87. The lowest BCUT2D eigenvalue weighted by Gasteiger charge is -2.05. The molecule has 1 rings (SSSR count). The summed E-state index contributed by atoms with van der Waals surface area (Å²) in [7, 11) is -4.04. The molecule has 0 aliphatic rings. The van der Waals surface area contributed by atoms with Crippen LogP contribution in [0.4, 0.5) is 19.0 Å². The number of aromatic amines is 1. The van der Waals surface area contributed by atoms with Crippen molar-refractivity contribution >= 4 is 15.7 Å². The van der Waals surface area contributed by atoms with Gasteiger partial charge in [0.2, 0.25) is 0 Å². The Morgan fingerprint density at radius 3 is 2.21 bits per heavy atom. The topological polar surface area (TPSA) is 88.8 Å². The summed E-state index contributed by atoms with van der Waals surface area (Å²) in [6.45, 7) is 0. The van der Waals surface area contributed by atoms with Crippen LogP contribution in [-0.4, -0.2) is 24.9 Å². The van der Waals surface area contributed by atoms with Gasteiger partial charge in [-0.25, -0.2) is 8.42 Å². The van der Waals surface area contributed by atoms with Crippen molar-refractivity contribution in [2.75, 3.05) is 12.0 Å². The van der Waals surface area contributed by atoms with Crippen LogP contribution in [0.15, 0.2) is 4.90 Å². The molecule has 0 saturated heterocycles. The van der Waals surface area contributed by atoms with Crippen LogP contribution in [0.5, 0.6) is 0 Å². The molecule has 0 saturated carbocycles. The predicted molar refractivity (Wildman–Crippen MR) is 41.1 cm³/mol. The van der Waals surface area contributed by atoms with E-state index in [0.717, 1.165) is 0 Å². The number of rotatable bonds is 1. The molecule has 0 aromatic carbocycles. The van der Waals surface area contributed by atoms with Crippen molar-refractivity contribution < 1.29 is 21.6 Å². The Morgan fingerprint density at radius 2 is 1.93 bits per heavy atom. The van der Waals surface area contributed by atoms with E-state index in [-0.39, 0.29) is 0 Å². The fourth-order valence-electron chi connectivity index (χ4n) is 0.913. The highest BCUT2D eigenvalue weighted by atomic mass is 32.2. The second-order valence-electron chi connectivity index (χ2n) is 2.58. The van der Waals surface area contributed by atoms with Crippen molar-refractivity contribution in [3.63, 3.8) is 0 Å². The van der Waals surface area contributed by atoms with Gasteiger partial charge in [0.1, 0.15) is 4.90 Å². The lowest BCUT2D eigenvalue weighted by molar-refractivity contribution is -0.143. The van der Waals surface area contributed by atoms with Gasteiger partial charge < -0.3 is 5.73 Å². The molecule has 0 fully saturated rings. The number of nitrogens with one attached hydrogen (secondary N) is 1. The van der Waals surface area contributed by atoms with E-state index < -0.39 is 32.4 Å². The van der Waals surface area contributed by atoms with Crippen LogP contribution in [0.2, 0.25) is 0 Å². The molecule has 0 aliphatic heterocycles. The van der Waals surface area contributed by atoms with Crippen molar-refractivity contribution in [2.45, 2.75) is 11.1 Å². The summed E-state index contributed by atoms with van der Waals surface area (Å²) in [6.07, 6.45) is -4.19. The fraction of sp³-hybridized carbons (Fsp3) is 0.400. The van der Waals surface area contributed by atoms with E-state index in [1.165, 1.54) is 0 Å². The Labute approximate surface area is 77.0 Å². The molecular formula is C5H6F3N3O2S. The summed E-state index contributed by atoms with van der Waals surface area (Å²) in [5.74, 6) is -0.681. The van der Waals surface area contributed by atoms with Crippen LogP contribution in [0.3, 0.4) is 0 Å². The molecular weight excluding hydrogens is 223 g/mol. The Morgan fingerprint density at radius 1 is 1.43 bits per heavy atom. The summed E-state index contributed by atoms with van der Waals surface area (Å²) >= 11 is 0. The first-order valence-corrected chi connectivity index (χ1v) is 5.14. The number of halogens is 3. The van der Waals surface area contributed by atoms with Gasteiger partial charge in [0.15, 0.2) is 21.3 Å². The van der Waals surface area contributed by atoms with E-state index in [9.17, 15) is 21.6 Å². The number of sulfone groups is 1. The third kappa shape index (κ3) is 1.81.